The Morgan fingerprint density at radius 1 is 1.15 bits per heavy atom. The molecule has 1 heterocycles. The van der Waals surface area contributed by atoms with Crippen LogP contribution in [0, 0.1) is 20.8 Å². The molecule has 0 bridgehead atoms. The first kappa shape index (κ1) is 14.5. The molecule has 0 unspecified atom stereocenters. The summed E-state index contributed by atoms with van der Waals surface area (Å²) < 4.78 is 0. The van der Waals surface area contributed by atoms with E-state index in [4.69, 9.17) is 0 Å². The van der Waals surface area contributed by atoms with Gasteiger partial charge < -0.3 is 5.32 Å². The van der Waals surface area contributed by atoms with Crippen LogP contribution in [0.1, 0.15) is 52.4 Å². The number of hydrogen-bond donors (Lipinski definition) is 1. The van der Waals surface area contributed by atoms with Gasteiger partial charge >= 0.3 is 0 Å². The van der Waals surface area contributed by atoms with Crippen LogP contribution in [0.25, 0.3) is 10.9 Å². The average molecular weight is 270 g/mol. The second-order valence-corrected chi connectivity index (χ2v) is 5.64. The van der Waals surface area contributed by atoms with Crippen LogP contribution in [0.3, 0.4) is 0 Å². The number of aromatic nitrogens is 1. The zero-order valence-electron chi connectivity index (χ0n) is 13.1. The molecular formula is C17H22N2O. The van der Waals surface area contributed by atoms with Crippen LogP contribution in [0.4, 0.5) is 0 Å². The number of pyridine rings is 1. The van der Waals surface area contributed by atoms with Gasteiger partial charge in [0.25, 0.3) is 5.91 Å². The van der Waals surface area contributed by atoms with E-state index < -0.39 is 0 Å². The fourth-order valence-corrected chi connectivity index (χ4v) is 3.00. The second-order valence-electron chi connectivity index (χ2n) is 5.64. The van der Waals surface area contributed by atoms with Crippen molar-refractivity contribution in [3.05, 3.63) is 40.1 Å². The maximum Gasteiger partial charge on any atom is 0.252 e. The van der Waals surface area contributed by atoms with E-state index in [0.29, 0.717) is 11.5 Å². The summed E-state index contributed by atoms with van der Waals surface area (Å²) in [6.07, 6.45) is 1.66. The first-order valence-electron chi connectivity index (χ1n) is 7.00. The van der Waals surface area contributed by atoms with Gasteiger partial charge in [-0.2, -0.15) is 0 Å². The van der Waals surface area contributed by atoms with Gasteiger partial charge in [0.15, 0.2) is 0 Å². The Labute approximate surface area is 120 Å². The first-order valence-corrected chi connectivity index (χ1v) is 7.00. The third-order valence-corrected chi connectivity index (χ3v) is 4.08. The van der Waals surface area contributed by atoms with Gasteiger partial charge in [-0.05, 0) is 55.0 Å². The van der Waals surface area contributed by atoms with Gasteiger partial charge in [-0.15, -0.1) is 0 Å². The van der Waals surface area contributed by atoms with E-state index in [1.807, 2.05) is 6.07 Å². The number of nitrogens with one attached hydrogen (secondary N) is 1. The molecule has 0 aliphatic heterocycles. The maximum absolute atomic E-state index is 11.8. The van der Waals surface area contributed by atoms with Gasteiger partial charge in [0.2, 0.25) is 0 Å². The van der Waals surface area contributed by atoms with Crippen LogP contribution in [-0.4, -0.2) is 17.9 Å². The number of nitrogens with zero attached hydrogens (tertiary/aromatic N) is 1. The number of fused-ring (bicyclic) bond motifs is 1. The van der Waals surface area contributed by atoms with Crippen LogP contribution in [0.2, 0.25) is 0 Å². The lowest BCUT2D eigenvalue weighted by molar-refractivity contribution is 0.0963. The van der Waals surface area contributed by atoms with Crippen molar-refractivity contribution in [3.8, 4) is 0 Å². The third kappa shape index (κ3) is 2.17. The Hall–Kier alpha value is -1.90. The Morgan fingerprint density at radius 2 is 1.80 bits per heavy atom. The minimum atomic E-state index is -0.0953. The Kier molecular flexibility index (Phi) is 3.80. The zero-order chi connectivity index (χ0) is 15.0. The van der Waals surface area contributed by atoms with E-state index in [-0.39, 0.29) is 5.91 Å². The molecule has 1 N–H and O–H groups in total. The standard InChI is InChI=1S/C17H22N2O/c1-9(2)15-11(4)10(3)14-7-13(17(20)18-6)8-19-16(14)12(15)5/h7-9H,1-6H3,(H,18,20). The average Bonchev–Trinajstić information content (AvgIpc) is 2.43. The molecule has 0 spiro atoms. The highest BCUT2D eigenvalue weighted by Crippen LogP contribution is 2.32. The molecule has 2 rings (SSSR count). The number of hydrogen-bond acceptors (Lipinski definition) is 2. The van der Waals surface area contributed by atoms with Crippen molar-refractivity contribution in [2.75, 3.05) is 7.05 Å². The Balaban J connectivity index is 2.82. The summed E-state index contributed by atoms with van der Waals surface area (Å²) in [5.41, 5.74) is 6.73. The summed E-state index contributed by atoms with van der Waals surface area (Å²) in [6.45, 7) is 10.8. The molecule has 0 atom stereocenters. The topological polar surface area (TPSA) is 42.0 Å². The molecule has 0 fully saturated rings. The highest BCUT2D eigenvalue weighted by atomic mass is 16.1. The van der Waals surface area contributed by atoms with Crippen LogP contribution >= 0.6 is 0 Å². The molecule has 1 aromatic heterocycles. The molecule has 106 valence electrons. The minimum absolute atomic E-state index is 0.0953. The monoisotopic (exact) mass is 270 g/mol. The Bertz CT molecular complexity index is 687. The number of amides is 1. The molecule has 0 aliphatic rings. The lowest BCUT2D eigenvalue weighted by Gasteiger charge is -2.19. The summed E-state index contributed by atoms with van der Waals surface area (Å²) in [5, 5.41) is 3.72. The summed E-state index contributed by atoms with van der Waals surface area (Å²) in [5.74, 6) is 0.376. The number of aryl methyl sites for hydroxylation is 2. The number of benzene rings is 1. The predicted molar refractivity (Wildman–Crippen MR) is 83.4 cm³/mol. The fourth-order valence-electron chi connectivity index (χ4n) is 3.00. The van der Waals surface area contributed by atoms with Crippen molar-refractivity contribution >= 4 is 16.8 Å². The number of rotatable bonds is 2. The number of carbonyl (C=O) groups is 1. The van der Waals surface area contributed by atoms with E-state index in [1.165, 1.54) is 22.3 Å². The van der Waals surface area contributed by atoms with E-state index >= 15 is 0 Å². The molecule has 3 heteroatoms. The molecule has 0 saturated carbocycles. The molecule has 2 aromatic rings. The lowest BCUT2D eigenvalue weighted by Crippen LogP contribution is -2.18. The maximum atomic E-state index is 11.8. The predicted octanol–water partition coefficient (Wildman–Crippen LogP) is 3.64. The summed E-state index contributed by atoms with van der Waals surface area (Å²) in [6, 6.07) is 1.95. The molecule has 1 aromatic carbocycles. The van der Waals surface area contributed by atoms with Gasteiger partial charge in [-0.25, -0.2) is 0 Å². The third-order valence-electron chi connectivity index (χ3n) is 4.08. The molecule has 1 amide bonds. The lowest BCUT2D eigenvalue weighted by atomic mass is 9.87. The van der Waals surface area contributed by atoms with Crippen molar-refractivity contribution in [2.24, 2.45) is 0 Å². The molecule has 20 heavy (non-hydrogen) atoms. The first-order chi connectivity index (χ1) is 9.38. The summed E-state index contributed by atoms with van der Waals surface area (Å²) in [4.78, 5) is 16.3. The van der Waals surface area contributed by atoms with Crippen LogP contribution in [0.5, 0.6) is 0 Å². The van der Waals surface area contributed by atoms with E-state index in [0.717, 1.165) is 10.9 Å². The van der Waals surface area contributed by atoms with Crippen LogP contribution in [0.15, 0.2) is 12.3 Å². The minimum Gasteiger partial charge on any atom is -0.355 e. The zero-order valence-corrected chi connectivity index (χ0v) is 13.1. The molecule has 0 radical (unpaired) electrons. The highest BCUT2D eigenvalue weighted by molar-refractivity contribution is 5.98. The molecular weight excluding hydrogens is 248 g/mol. The molecule has 0 aliphatic carbocycles. The van der Waals surface area contributed by atoms with Crippen molar-refractivity contribution in [3.63, 3.8) is 0 Å². The summed E-state index contributed by atoms with van der Waals surface area (Å²) >= 11 is 0. The van der Waals surface area contributed by atoms with Gasteiger partial charge in [-0.3, -0.25) is 9.78 Å². The van der Waals surface area contributed by atoms with Gasteiger partial charge in [-0.1, -0.05) is 13.8 Å². The normalized spacial score (nSPS) is 11.2. The van der Waals surface area contributed by atoms with Gasteiger partial charge in [0.05, 0.1) is 11.1 Å². The van der Waals surface area contributed by atoms with Crippen molar-refractivity contribution < 1.29 is 4.79 Å². The van der Waals surface area contributed by atoms with Crippen LogP contribution < -0.4 is 5.32 Å². The van der Waals surface area contributed by atoms with Gasteiger partial charge in [0, 0.05) is 18.6 Å². The van der Waals surface area contributed by atoms with E-state index in [1.54, 1.807) is 13.2 Å². The Morgan fingerprint density at radius 3 is 2.35 bits per heavy atom. The van der Waals surface area contributed by atoms with E-state index in [2.05, 4.69) is 44.9 Å². The summed E-state index contributed by atoms with van der Waals surface area (Å²) in [7, 11) is 1.64. The molecule has 3 nitrogen and oxygen atoms in total. The van der Waals surface area contributed by atoms with Crippen molar-refractivity contribution in [2.45, 2.75) is 40.5 Å². The van der Waals surface area contributed by atoms with E-state index in [9.17, 15) is 4.79 Å². The van der Waals surface area contributed by atoms with Crippen molar-refractivity contribution in [1.29, 1.82) is 0 Å². The quantitative estimate of drug-likeness (QED) is 0.905. The molecule has 0 saturated heterocycles. The largest absolute Gasteiger partial charge is 0.355 e. The highest BCUT2D eigenvalue weighted by Gasteiger charge is 2.16. The number of carbonyl (C=O) groups excluding carboxylic acids is 1. The van der Waals surface area contributed by atoms with Gasteiger partial charge in [0.1, 0.15) is 0 Å². The second kappa shape index (κ2) is 5.23. The smallest absolute Gasteiger partial charge is 0.252 e. The van der Waals surface area contributed by atoms with Crippen LogP contribution in [-0.2, 0) is 0 Å². The SMILES string of the molecule is CNC(=O)c1cnc2c(C)c(C(C)C)c(C)c(C)c2c1. The van der Waals surface area contributed by atoms with Crippen molar-refractivity contribution in [1.82, 2.24) is 10.3 Å². The fraction of sp³-hybridized carbons (Fsp3) is 0.412.